The Morgan fingerprint density at radius 2 is 1.81 bits per heavy atom. The fourth-order valence-corrected chi connectivity index (χ4v) is 2.47. The van der Waals surface area contributed by atoms with Crippen LogP contribution >= 0.6 is 0 Å². The number of hydrogen-bond donors (Lipinski definition) is 1. The lowest BCUT2D eigenvalue weighted by Gasteiger charge is -2.10. The molecule has 21 heavy (non-hydrogen) atoms. The lowest BCUT2D eigenvalue weighted by molar-refractivity contribution is 0.420. The summed E-state index contributed by atoms with van der Waals surface area (Å²) in [4.78, 5) is 4.45. The minimum atomic E-state index is 0.855. The summed E-state index contributed by atoms with van der Waals surface area (Å²) in [7, 11) is 1.69. The fourth-order valence-electron chi connectivity index (χ4n) is 2.47. The number of anilines is 1. The molecule has 0 spiro atoms. The number of aromatic nitrogens is 1. The van der Waals surface area contributed by atoms with Crippen molar-refractivity contribution < 1.29 is 4.74 Å². The summed E-state index contributed by atoms with van der Waals surface area (Å²) in [6.07, 6.45) is 2.79. The number of methoxy groups -OCH3 is 1. The van der Waals surface area contributed by atoms with Gasteiger partial charge in [0, 0.05) is 23.5 Å². The number of ether oxygens (including phenoxy) is 1. The molecule has 0 aliphatic carbocycles. The van der Waals surface area contributed by atoms with Gasteiger partial charge in [-0.1, -0.05) is 42.5 Å². The van der Waals surface area contributed by atoms with Crippen molar-refractivity contribution in [3.8, 4) is 5.75 Å². The standard InChI is InChI=1S/C18H18N2O/c1-21-17-9-5-8-16-15(17)11-13-20-18(16)19-12-10-14-6-3-2-4-7-14/h2-9,11,13H,10,12H2,1H3,(H,19,20). The van der Waals surface area contributed by atoms with Crippen molar-refractivity contribution in [3.63, 3.8) is 0 Å². The van der Waals surface area contributed by atoms with Crippen molar-refractivity contribution >= 4 is 16.6 Å². The van der Waals surface area contributed by atoms with Crippen molar-refractivity contribution in [2.45, 2.75) is 6.42 Å². The van der Waals surface area contributed by atoms with Gasteiger partial charge in [0.15, 0.2) is 0 Å². The lowest BCUT2D eigenvalue weighted by atomic mass is 10.1. The Bertz CT molecular complexity index is 726. The second-order valence-electron chi connectivity index (χ2n) is 4.88. The molecule has 0 bridgehead atoms. The molecule has 0 saturated carbocycles. The van der Waals surface area contributed by atoms with Gasteiger partial charge >= 0.3 is 0 Å². The zero-order valence-corrected chi connectivity index (χ0v) is 12.0. The first-order valence-electron chi connectivity index (χ1n) is 7.08. The monoisotopic (exact) mass is 278 g/mol. The van der Waals surface area contributed by atoms with E-state index in [0.29, 0.717) is 0 Å². The number of benzene rings is 2. The van der Waals surface area contributed by atoms with Crippen LogP contribution in [-0.2, 0) is 6.42 Å². The molecule has 1 heterocycles. The molecule has 3 rings (SSSR count). The van der Waals surface area contributed by atoms with Crippen LogP contribution in [0.1, 0.15) is 5.56 Å². The van der Waals surface area contributed by atoms with Gasteiger partial charge in [-0.25, -0.2) is 4.98 Å². The molecule has 0 unspecified atom stereocenters. The lowest BCUT2D eigenvalue weighted by Crippen LogP contribution is -2.06. The number of hydrogen-bond acceptors (Lipinski definition) is 3. The molecule has 0 aliphatic heterocycles. The van der Waals surface area contributed by atoms with Crippen molar-refractivity contribution in [2.75, 3.05) is 19.0 Å². The topological polar surface area (TPSA) is 34.1 Å². The first-order valence-corrected chi connectivity index (χ1v) is 7.08. The highest BCUT2D eigenvalue weighted by Gasteiger charge is 2.05. The van der Waals surface area contributed by atoms with Gasteiger partial charge in [-0.2, -0.15) is 0 Å². The Balaban J connectivity index is 1.78. The van der Waals surface area contributed by atoms with Gasteiger partial charge in [-0.3, -0.25) is 0 Å². The Morgan fingerprint density at radius 1 is 0.952 bits per heavy atom. The zero-order valence-electron chi connectivity index (χ0n) is 12.0. The van der Waals surface area contributed by atoms with Crippen LogP contribution in [0, 0.1) is 0 Å². The molecule has 106 valence electrons. The van der Waals surface area contributed by atoms with Gasteiger partial charge in [-0.05, 0) is 24.1 Å². The summed E-state index contributed by atoms with van der Waals surface area (Å²) >= 11 is 0. The van der Waals surface area contributed by atoms with E-state index >= 15 is 0 Å². The summed E-state index contributed by atoms with van der Waals surface area (Å²) in [6, 6.07) is 18.5. The van der Waals surface area contributed by atoms with Crippen LogP contribution in [0.15, 0.2) is 60.8 Å². The molecule has 0 aliphatic rings. The van der Waals surface area contributed by atoms with Crippen molar-refractivity contribution in [2.24, 2.45) is 0 Å². The van der Waals surface area contributed by atoms with E-state index in [1.165, 1.54) is 5.56 Å². The van der Waals surface area contributed by atoms with Crippen LogP contribution in [-0.4, -0.2) is 18.6 Å². The summed E-state index contributed by atoms with van der Waals surface area (Å²) < 4.78 is 5.40. The number of nitrogens with zero attached hydrogens (tertiary/aromatic N) is 1. The maximum atomic E-state index is 5.40. The largest absolute Gasteiger partial charge is 0.496 e. The molecule has 3 aromatic rings. The van der Waals surface area contributed by atoms with Gasteiger partial charge in [0.2, 0.25) is 0 Å². The highest BCUT2D eigenvalue weighted by atomic mass is 16.5. The van der Waals surface area contributed by atoms with Crippen LogP contribution in [0.4, 0.5) is 5.82 Å². The normalized spacial score (nSPS) is 10.5. The SMILES string of the molecule is COc1cccc2c(NCCc3ccccc3)nccc12. The molecule has 0 saturated heterocycles. The quantitative estimate of drug-likeness (QED) is 0.768. The highest BCUT2D eigenvalue weighted by molar-refractivity contribution is 5.95. The number of rotatable bonds is 5. The van der Waals surface area contributed by atoms with Crippen LogP contribution in [0.2, 0.25) is 0 Å². The minimum Gasteiger partial charge on any atom is -0.496 e. The minimum absolute atomic E-state index is 0.855. The second kappa shape index (κ2) is 6.27. The molecule has 0 atom stereocenters. The predicted octanol–water partition coefficient (Wildman–Crippen LogP) is 3.90. The molecule has 1 N–H and O–H groups in total. The Hall–Kier alpha value is -2.55. The summed E-state index contributed by atoms with van der Waals surface area (Å²) in [5.41, 5.74) is 1.32. The first kappa shape index (κ1) is 13.4. The molecule has 0 fully saturated rings. The molecular formula is C18H18N2O. The summed E-state index contributed by atoms with van der Waals surface area (Å²) in [5, 5.41) is 5.59. The van der Waals surface area contributed by atoms with E-state index in [1.54, 1.807) is 7.11 Å². The van der Waals surface area contributed by atoms with E-state index in [-0.39, 0.29) is 0 Å². The Labute approximate surface area is 124 Å². The smallest absolute Gasteiger partial charge is 0.133 e. The maximum absolute atomic E-state index is 5.40. The average Bonchev–Trinajstić information content (AvgIpc) is 2.55. The average molecular weight is 278 g/mol. The molecule has 3 nitrogen and oxygen atoms in total. The van der Waals surface area contributed by atoms with Crippen LogP contribution in [0.25, 0.3) is 10.8 Å². The number of nitrogens with one attached hydrogen (secondary N) is 1. The number of fused-ring (bicyclic) bond motifs is 1. The van der Waals surface area contributed by atoms with E-state index in [4.69, 9.17) is 4.74 Å². The van der Waals surface area contributed by atoms with E-state index in [9.17, 15) is 0 Å². The maximum Gasteiger partial charge on any atom is 0.133 e. The Morgan fingerprint density at radius 3 is 2.62 bits per heavy atom. The van der Waals surface area contributed by atoms with Gasteiger partial charge in [0.1, 0.15) is 11.6 Å². The fraction of sp³-hybridized carbons (Fsp3) is 0.167. The molecule has 0 radical (unpaired) electrons. The molecule has 2 aromatic carbocycles. The van der Waals surface area contributed by atoms with Gasteiger partial charge in [-0.15, -0.1) is 0 Å². The van der Waals surface area contributed by atoms with Crippen molar-refractivity contribution in [1.82, 2.24) is 4.98 Å². The van der Waals surface area contributed by atoms with E-state index in [2.05, 4.69) is 40.6 Å². The molecule has 3 heteroatoms. The Kier molecular flexibility index (Phi) is 4.01. The van der Waals surface area contributed by atoms with Crippen LogP contribution in [0.3, 0.4) is 0 Å². The summed E-state index contributed by atoms with van der Waals surface area (Å²) in [6.45, 7) is 0.855. The number of pyridine rings is 1. The van der Waals surface area contributed by atoms with Crippen LogP contribution in [0.5, 0.6) is 5.75 Å². The van der Waals surface area contributed by atoms with E-state index in [1.807, 2.05) is 30.5 Å². The molecule has 0 amide bonds. The second-order valence-corrected chi connectivity index (χ2v) is 4.88. The van der Waals surface area contributed by atoms with Gasteiger partial charge < -0.3 is 10.1 Å². The van der Waals surface area contributed by atoms with Gasteiger partial charge in [0.25, 0.3) is 0 Å². The van der Waals surface area contributed by atoms with E-state index < -0.39 is 0 Å². The zero-order chi connectivity index (χ0) is 14.5. The highest BCUT2D eigenvalue weighted by Crippen LogP contribution is 2.28. The van der Waals surface area contributed by atoms with Crippen LogP contribution < -0.4 is 10.1 Å². The third kappa shape index (κ3) is 2.97. The molecule has 1 aromatic heterocycles. The van der Waals surface area contributed by atoms with Crippen molar-refractivity contribution in [3.05, 3.63) is 66.4 Å². The first-order chi connectivity index (χ1) is 10.4. The van der Waals surface area contributed by atoms with E-state index in [0.717, 1.165) is 35.3 Å². The molecular weight excluding hydrogens is 260 g/mol. The summed E-state index contributed by atoms with van der Waals surface area (Å²) in [5.74, 6) is 1.78. The predicted molar refractivity (Wildman–Crippen MR) is 86.9 cm³/mol. The third-order valence-electron chi connectivity index (χ3n) is 3.53. The third-order valence-corrected chi connectivity index (χ3v) is 3.53. The van der Waals surface area contributed by atoms with Crippen molar-refractivity contribution in [1.29, 1.82) is 0 Å². The van der Waals surface area contributed by atoms with Gasteiger partial charge in [0.05, 0.1) is 7.11 Å².